The first-order valence-electron chi connectivity index (χ1n) is 10.2. The zero-order valence-corrected chi connectivity index (χ0v) is 17.0. The molecule has 4 aliphatic heterocycles. The number of urea groups is 1. The van der Waals surface area contributed by atoms with Gasteiger partial charge in [0.2, 0.25) is 5.91 Å². The summed E-state index contributed by atoms with van der Waals surface area (Å²) in [7, 11) is 0. The second-order valence-electron chi connectivity index (χ2n) is 9.06. The van der Waals surface area contributed by atoms with Gasteiger partial charge in [-0.05, 0) is 32.4 Å². The number of likely N-dealkylation sites (tertiary alicyclic amines) is 3. The highest BCUT2D eigenvalue weighted by Gasteiger charge is 2.53. The number of amides is 3. The Labute approximate surface area is 172 Å². The van der Waals surface area contributed by atoms with Gasteiger partial charge in [0.25, 0.3) is 6.43 Å². The number of halogens is 2. The molecule has 0 saturated carbocycles. The average molecular weight is 426 g/mol. The Morgan fingerprint density at radius 3 is 2.45 bits per heavy atom. The number of nitrogens with one attached hydrogen (secondary N) is 1. The monoisotopic (exact) mass is 425 g/mol. The summed E-state index contributed by atoms with van der Waals surface area (Å²) in [5, 5.41) is 3.76. The highest BCUT2D eigenvalue weighted by molar-refractivity contribution is 7.11. The molecule has 0 unspecified atom stereocenters. The molecule has 3 amide bonds. The Bertz CT molecular complexity index is 809. The van der Waals surface area contributed by atoms with E-state index in [1.165, 1.54) is 6.20 Å². The van der Waals surface area contributed by atoms with E-state index in [0.717, 1.165) is 61.8 Å². The number of hydrogen-bond donors (Lipinski definition) is 1. The largest absolute Gasteiger partial charge is 0.347 e. The number of hydrogen-bond acceptors (Lipinski definition) is 5. The first-order chi connectivity index (χ1) is 13.9. The second kappa shape index (κ2) is 6.87. The normalized spacial score (nSPS) is 25.4. The molecule has 5 heterocycles. The summed E-state index contributed by atoms with van der Waals surface area (Å²) in [4.78, 5) is 34.3. The Hall–Kier alpha value is -1.81. The molecule has 29 heavy (non-hydrogen) atoms. The number of aromatic nitrogens is 1. The van der Waals surface area contributed by atoms with Gasteiger partial charge in [-0.2, -0.15) is 0 Å². The first kappa shape index (κ1) is 19.2. The highest BCUT2D eigenvalue weighted by Crippen LogP contribution is 2.42. The summed E-state index contributed by atoms with van der Waals surface area (Å²) in [6, 6.07) is 0.0899. The average Bonchev–Trinajstić information content (AvgIpc) is 3.26. The molecule has 0 bridgehead atoms. The van der Waals surface area contributed by atoms with Crippen molar-refractivity contribution in [2.45, 2.75) is 44.2 Å². The molecule has 2 spiro atoms. The fourth-order valence-electron chi connectivity index (χ4n) is 5.12. The van der Waals surface area contributed by atoms with Gasteiger partial charge in [0, 0.05) is 44.2 Å². The van der Waals surface area contributed by atoms with Gasteiger partial charge in [-0.1, -0.05) is 0 Å². The molecule has 0 aromatic carbocycles. The smallest absolute Gasteiger partial charge is 0.320 e. The van der Waals surface area contributed by atoms with E-state index in [-0.39, 0.29) is 27.8 Å². The molecule has 0 aliphatic carbocycles. The lowest BCUT2D eigenvalue weighted by atomic mass is 9.72. The molecule has 0 atom stereocenters. The van der Waals surface area contributed by atoms with Crippen LogP contribution in [0.15, 0.2) is 6.20 Å². The van der Waals surface area contributed by atoms with Crippen molar-refractivity contribution in [2.24, 2.45) is 5.41 Å². The van der Waals surface area contributed by atoms with E-state index in [1.54, 1.807) is 0 Å². The molecule has 5 rings (SSSR count). The molecular weight excluding hydrogens is 400 g/mol. The van der Waals surface area contributed by atoms with E-state index < -0.39 is 6.43 Å². The number of piperidine rings is 1. The molecule has 10 heteroatoms. The lowest BCUT2D eigenvalue weighted by Gasteiger charge is -2.57. The summed E-state index contributed by atoms with van der Waals surface area (Å²) in [5.74, 6) is 0.0925. The van der Waals surface area contributed by atoms with Crippen molar-refractivity contribution in [3.63, 3.8) is 0 Å². The number of carbonyl (C=O) groups is 2. The van der Waals surface area contributed by atoms with Gasteiger partial charge in [-0.25, -0.2) is 18.6 Å². The van der Waals surface area contributed by atoms with Gasteiger partial charge >= 0.3 is 6.03 Å². The summed E-state index contributed by atoms with van der Waals surface area (Å²) in [6.45, 7) is 5.28. The minimum atomic E-state index is -2.45. The Morgan fingerprint density at radius 1 is 1.17 bits per heavy atom. The lowest BCUT2D eigenvalue weighted by Crippen LogP contribution is -2.73. The van der Waals surface area contributed by atoms with E-state index in [1.807, 2.05) is 9.80 Å². The maximum atomic E-state index is 12.7. The van der Waals surface area contributed by atoms with Crippen molar-refractivity contribution in [3.05, 3.63) is 16.1 Å². The van der Waals surface area contributed by atoms with E-state index >= 15 is 0 Å². The van der Waals surface area contributed by atoms with Gasteiger partial charge in [-0.15, -0.1) is 11.3 Å². The summed E-state index contributed by atoms with van der Waals surface area (Å²) >= 11 is 1.09. The van der Waals surface area contributed by atoms with Crippen molar-refractivity contribution in [3.8, 4) is 0 Å². The van der Waals surface area contributed by atoms with Crippen LogP contribution in [0.25, 0.3) is 0 Å². The summed E-state index contributed by atoms with van der Waals surface area (Å²) in [5.41, 5.74) is 0.0357. The fraction of sp³-hybridized carbons (Fsp3) is 0.737. The molecule has 1 N–H and O–H groups in total. The van der Waals surface area contributed by atoms with Crippen LogP contribution in [0.4, 0.5) is 13.6 Å². The SMILES string of the molecule is O=C1CCC2(CN(C(=O)N3CC4(CCN(Cc5ncc(C(F)F)s5)CC4)C3)C2)N1. The third kappa shape index (κ3) is 3.50. The molecule has 1 aromatic rings. The van der Waals surface area contributed by atoms with Crippen LogP contribution in [0.5, 0.6) is 0 Å². The van der Waals surface area contributed by atoms with Crippen LogP contribution in [-0.2, 0) is 11.3 Å². The third-order valence-electron chi connectivity index (χ3n) is 6.88. The predicted octanol–water partition coefficient (Wildman–Crippen LogP) is 2.06. The zero-order valence-electron chi connectivity index (χ0n) is 16.2. The van der Waals surface area contributed by atoms with Crippen LogP contribution in [0, 0.1) is 5.41 Å². The van der Waals surface area contributed by atoms with Crippen molar-refractivity contribution < 1.29 is 18.4 Å². The van der Waals surface area contributed by atoms with E-state index in [9.17, 15) is 18.4 Å². The maximum Gasteiger partial charge on any atom is 0.320 e. The van der Waals surface area contributed by atoms with Crippen LogP contribution >= 0.6 is 11.3 Å². The third-order valence-corrected chi connectivity index (χ3v) is 7.87. The van der Waals surface area contributed by atoms with Crippen LogP contribution in [0.1, 0.15) is 42.0 Å². The van der Waals surface area contributed by atoms with Crippen LogP contribution in [-0.4, -0.2) is 76.4 Å². The van der Waals surface area contributed by atoms with E-state index in [4.69, 9.17) is 0 Å². The molecule has 4 aliphatic rings. The Kier molecular flexibility index (Phi) is 4.54. The number of nitrogens with zero attached hydrogens (tertiary/aromatic N) is 4. The van der Waals surface area contributed by atoms with Gasteiger partial charge in [0.1, 0.15) is 5.01 Å². The van der Waals surface area contributed by atoms with E-state index in [2.05, 4.69) is 15.2 Å². The Balaban J connectivity index is 1.07. The quantitative estimate of drug-likeness (QED) is 0.805. The van der Waals surface area contributed by atoms with E-state index in [0.29, 0.717) is 26.1 Å². The summed E-state index contributed by atoms with van der Waals surface area (Å²) < 4.78 is 25.4. The topological polar surface area (TPSA) is 68.8 Å². The van der Waals surface area contributed by atoms with Crippen molar-refractivity contribution in [2.75, 3.05) is 39.3 Å². The van der Waals surface area contributed by atoms with Gasteiger partial charge in [0.15, 0.2) is 0 Å². The summed E-state index contributed by atoms with van der Waals surface area (Å²) in [6.07, 6.45) is 2.26. The minimum Gasteiger partial charge on any atom is -0.347 e. The molecule has 158 valence electrons. The standard InChI is InChI=1S/C19H25F2N5O2S/c20-16(21)13-7-22-15(29-13)8-24-5-3-18(4-6-24)9-25(10-18)17(28)26-11-19(12-26)2-1-14(27)23-19/h7,16H,1-6,8-12H2,(H,23,27). The minimum absolute atomic E-state index is 0.0339. The molecule has 1 aromatic heterocycles. The number of thiazole rings is 1. The Morgan fingerprint density at radius 2 is 1.86 bits per heavy atom. The number of carbonyl (C=O) groups excluding carboxylic acids is 2. The molecular formula is C19H25F2N5O2S. The lowest BCUT2D eigenvalue weighted by molar-refractivity contribution is -0.120. The fourth-order valence-corrected chi connectivity index (χ4v) is 5.94. The molecule has 4 saturated heterocycles. The van der Waals surface area contributed by atoms with Crippen molar-refractivity contribution >= 4 is 23.3 Å². The van der Waals surface area contributed by atoms with Crippen LogP contribution in [0.2, 0.25) is 0 Å². The van der Waals surface area contributed by atoms with Gasteiger partial charge in [-0.3, -0.25) is 9.69 Å². The predicted molar refractivity (Wildman–Crippen MR) is 103 cm³/mol. The molecule has 4 fully saturated rings. The highest BCUT2D eigenvalue weighted by atomic mass is 32.1. The zero-order chi connectivity index (χ0) is 20.2. The molecule has 7 nitrogen and oxygen atoms in total. The van der Waals surface area contributed by atoms with Gasteiger partial charge in [0.05, 0.1) is 17.0 Å². The van der Waals surface area contributed by atoms with Crippen LogP contribution < -0.4 is 5.32 Å². The second-order valence-corrected chi connectivity index (χ2v) is 10.2. The number of rotatable bonds is 3. The van der Waals surface area contributed by atoms with Crippen molar-refractivity contribution in [1.82, 2.24) is 25.0 Å². The van der Waals surface area contributed by atoms with Gasteiger partial charge < -0.3 is 15.1 Å². The maximum absolute atomic E-state index is 12.7. The van der Waals surface area contributed by atoms with Crippen molar-refractivity contribution in [1.29, 1.82) is 0 Å². The number of alkyl halides is 2. The van der Waals surface area contributed by atoms with Crippen LogP contribution in [0.3, 0.4) is 0 Å². The first-order valence-corrected chi connectivity index (χ1v) is 11.0. The molecule has 0 radical (unpaired) electrons.